The van der Waals surface area contributed by atoms with Crippen molar-refractivity contribution in [3.63, 3.8) is 0 Å². The molecule has 2 aromatic rings. The Labute approximate surface area is 133 Å². The Bertz CT molecular complexity index is 602. The van der Waals surface area contributed by atoms with Crippen LogP contribution in [0.25, 0.3) is 11.1 Å². The fourth-order valence-corrected chi connectivity index (χ4v) is 3.35. The standard InChI is InChI=1S/C20H25NO/c1-3-21(19-11-13-22-14-12-19)20-15-18(10-9-16(20)2)17-7-5-4-6-8-17/h4-10,15,19H,3,11-14H2,1-2H3. The van der Waals surface area contributed by atoms with Gasteiger partial charge >= 0.3 is 0 Å². The van der Waals surface area contributed by atoms with Gasteiger partial charge < -0.3 is 9.64 Å². The van der Waals surface area contributed by atoms with Gasteiger partial charge in [0.05, 0.1) is 0 Å². The lowest BCUT2D eigenvalue weighted by Gasteiger charge is -2.36. The highest BCUT2D eigenvalue weighted by Crippen LogP contribution is 2.30. The second-order valence-electron chi connectivity index (χ2n) is 6.00. The van der Waals surface area contributed by atoms with Gasteiger partial charge in [0.2, 0.25) is 0 Å². The molecular formula is C20H25NO. The molecule has 0 unspecified atom stereocenters. The number of hydrogen-bond donors (Lipinski definition) is 0. The molecule has 1 saturated heterocycles. The Morgan fingerprint density at radius 1 is 1.00 bits per heavy atom. The molecule has 2 nitrogen and oxygen atoms in total. The van der Waals surface area contributed by atoms with Gasteiger partial charge in [-0.25, -0.2) is 0 Å². The lowest BCUT2D eigenvalue weighted by molar-refractivity contribution is 0.0846. The minimum Gasteiger partial charge on any atom is -0.381 e. The lowest BCUT2D eigenvalue weighted by atomic mass is 10.00. The van der Waals surface area contributed by atoms with Crippen molar-refractivity contribution in [2.75, 3.05) is 24.7 Å². The van der Waals surface area contributed by atoms with Crippen LogP contribution in [0.4, 0.5) is 5.69 Å². The summed E-state index contributed by atoms with van der Waals surface area (Å²) >= 11 is 0. The first-order chi connectivity index (χ1) is 10.8. The van der Waals surface area contributed by atoms with E-state index in [0.29, 0.717) is 6.04 Å². The summed E-state index contributed by atoms with van der Waals surface area (Å²) in [6, 6.07) is 18.1. The molecule has 0 amide bonds. The van der Waals surface area contributed by atoms with Gasteiger partial charge in [-0.05, 0) is 49.4 Å². The van der Waals surface area contributed by atoms with E-state index < -0.39 is 0 Å². The minimum absolute atomic E-state index is 0.600. The third-order valence-corrected chi connectivity index (χ3v) is 4.60. The number of benzene rings is 2. The van der Waals surface area contributed by atoms with Crippen molar-refractivity contribution in [3.05, 3.63) is 54.1 Å². The topological polar surface area (TPSA) is 12.5 Å². The molecule has 3 rings (SSSR count). The minimum atomic E-state index is 0.600. The van der Waals surface area contributed by atoms with Gasteiger partial charge in [-0.3, -0.25) is 0 Å². The number of rotatable bonds is 4. The smallest absolute Gasteiger partial charge is 0.0485 e. The van der Waals surface area contributed by atoms with E-state index in [-0.39, 0.29) is 0 Å². The molecule has 22 heavy (non-hydrogen) atoms. The van der Waals surface area contributed by atoms with E-state index in [1.807, 2.05) is 0 Å². The lowest BCUT2D eigenvalue weighted by Crippen LogP contribution is -2.39. The average molecular weight is 295 g/mol. The van der Waals surface area contributed by atoms with E-state index in [4.69, 9.17) is 4.74 Å². The van der Waals surface area contributed by atoms with Gasteiger partial charge in [-0.2, -0.15) is 0 Å². The summed E-state index contributed by atoms with van der Waals surface area (Å²) in [6.45, 7) is 7.29. The van der Waals surface area contributed by atoms with Crippen molar-refractivity contribution in [3.8, 4) is 11.1 Å². The molecule has 116 valence electrons. The Morgan fingerprint density at radius 2 is 1.73 bits per heavy atom. The monoisotopic (exact) mass is 295 g/mol. The molecule has 0 aromatic heterocycles. The van der Waals surface area contributed by atoms with Crippen LogP contribution in [0.2, 0.25) is 0 Å². The highest BCUT2D eigenvalue weighted by molar-refractivity contribution is 5.70. The fourth-order valence-electron chi connectivity index (χ4n) is 3.35. The quantitative estimate of drug-likeness (QED) is 0.813. The first kappa shape index (κ1) is 15.1. The molecule has 0 bridgehead atoms. The zero-order valence-corrected chi connectivity index (χ0v) is 13.6. The molecule has 0 N–H and O–H groups in total. The molecule has 1 heterocycles. The molecule has 2 heteroatoms. The average Bonchev–Trinajstić information content (AvgIpc) is 2.59. The normalized spacial score (nSPS) is 15.7. The predicted octanol–water partition coefficient (Wildman–Crippen LogP) is 4.67. The second kappa shape index (κ2) is 6.97. The van der Waals surface area contributed by atoms with E-state index in [2.05, 4.69) is 67.3 Å². The Balaban J connectivity index is 1.94. The van der Waals surface area contributed by atoms with Crippen molar-refractivity contribution in [1.82, 2.24) is 0 Å². The van der Waals surface area contributed by atoms with Crippen molar-refractivity contribution in [2.24, 2.45) is 0 Å². The molecule has 0 saturated carbocycles. The summed E-state index contributed by atoms with van der Waals surface area (Å²) in [4.78, 5) is 2.56. The molecule has 0 radical (unpaired) electrons. The zero-order valence-electron chi connectivity index (χ0n) is 13.6. The summed E-state index contributed by atoms with van der Waals surface area (Å²) in [5.41, 5.74) is 5.31. The summed E-state index contributed by atoms with van der Waals surface area (Å²) in [7, 11) is 0. The maximum absolute atomic E-state index is 5.53. The molecule has 0 spiro atoms. The SMILES string of the molecule is CCN(c1cc(-c2ccccc2)ccc1C)C1CCOCC1. The largest absolute Gasteiger partial charge is 0.381 e. The third-order valence-electron chi connectivity index (χ3n) is 4.60. The first-order valence-corrected chi connectivity index (χ1v) is 8.30. The van der Waals surface area contributed by atoms with Crippen LogP contribution >= 0.6 is 0 Å². The summed E-state index contributed by atoms with van der Waals surface area (Å²) in [5.74, 6) is 0. The summed E-state index contributed by atoms with van der Waals surface area (Å²) in [6.07, 6.45) is 2.26. The first-order valence-electron chi connectivity index (χ1n) is 8.30. The summed E-state index contributed by atoms with van der Waals surface area (Å²) < 4.78 is 5.53. The zero-order chi connectivity index (χ0) is 15.4. The van der Waals surface area contributed by atoms with E-state index in [0.717, 1.165) is 32.6 Å². The van der Waals surface area contributed by atoms with Crippen LogP contribution in [-0.2, 0) is 4.74 Å². The van der Waals surface area contributed by atoms with E-state index >= 15 is 0 Å². The van der Waals surface area contributed by atoms with Crippen LogP contribution in [0, 0.1) is 6.92 Å². The molecule has 2 aromatic carbocycles. The van der Waals surface area contributed by atoms with Gasteiger partial charge in [0.25, 0.3) is 0 Å². The highest BCUT2D eigenvalue weighted by Gasteiger charge is 2.22. The molecule has 0 atom stereocenters. The maximum Gasteiger partial charge on any atom is 0.0485 e. The Kier molecular flexibility index (Phi) is 4.79. The van der Waals surface area contributed by atoms with Crippen molar-refractivity contribution in [1.29, 1.82) is 0 Å². The van der Waals surface area contributed by atoms with Crippen LogP contribution < -0.4 is 4.90 Å². The number of hydrogen-bond acceptors (Lipinski definition) is 2. The van der Waals surface area contributed by atoms with Crippen molar-refractivity contribution >= 4 is 5.69 Å². The van der Waals surface area contributed by atoms with Crippen LogP contribution in [-0.4, -0.2) is 25.8 Å². The number of ether oxygens (including phenoxy) is 1. The van der Waals surface area contributed by atoms with Crippen LogP contribution in [0.3, 0.4) is 0 Å². The van der Waals surface area contributed by atoms with Crippen molar-refractivity contribution < 1.29 is 4.74 Å². The number of nitrogens with zero attached hydrogens (tertiary/aromatic N) is 1. The molecule has 1 fully saturated rings. The molecule has 1 aliphatic heterocycles. The van der Waals surface area contributed by atoms with Crippen LogP contribution in [0.5, 0.6) is 0 Å². The van der Waals surface area contributed by atoms with Crippen LogP contribution in [0.1, 0.15) is 25.3 Å². The second-order valence-corrected chi connectivity index (χ2v) is 6.00. The summed E-state index contributed by atoms with van der Waals surface area (Å²) in [5, 5.41) is 0. The van der Waals surface area contributed by atoms with Gasteiger partial charge in [-0.1, -0.05) is 42.5 Å². The Morgan fingerprint density at radius 3 is 2.41 bits per heavy atom. The van der Waals surface area contributed by atoms with Gasteiger partial charge in [0.15, 0.2) is 0 Å². The van der Waals surface area contributed by atoms with E-state index in [9.17, 15) is 0 Å². The van der Waals surface area contributed by atoms with Gasteiger partial charge in [0, 0.05) is 31.5 Å². The van der Waals surface area contributed by atoms with E-state index in [1.165, 1.54) is 22.4 Å². The molecule has 1 aliphatic rings. The van der Waals surface area contributed by atoms with Crippen LogP contribution in [0.15, 0.2) is 48.5 Å². The van der Waals surface area contributed by atoms with E-state index in [1.54, 1.807) is 0 Å². The molecular weight excluding hydrogens is 270 g/mol. The molecule has 0 aliphatic carbocycles. The third kappa shape index (κ3) is 3.17. The maximum atomic E-state index is 5.53. The van der Waals surface area contributed by atoms with Gasteiger partial charge in [-0.15, -0.1) is 0 Å². The van der Waals surface area contributed by atoms with Crippen molar-refractivity contribution in [2.45, 2.75) is 32.7 Å². The fraction of sp³-hybridized carbons (Fsp3) is 0.400. The highest BCUT2D eigenvalue weighted by atomic mass is 16.5. The number of anilines is 1. The Hall–Kier alpha value is -1.80. The van der Waals surface area contributed by atoms with Gasteiger partial charge in [0.1, 0.15) is 0 Å². The number of aryl methyl sites for hydroxylation is 1. The predicted molar refractivity (Wildman–Crippen MR) is 93.5 cm³/mol.